The Morgan fingerprint density at radius 3 is 1.43 bits per heavy atom. The molecule has 0 saturated carbocycles. The lowest BCUT2D eigenvalue weighted by Gasteiger charge is -2.31. The van der Waals surface area contributed by atoms with Gasteiger partial charge in [-0.05, 0) is 74.3 Å². The molecule has 1 aromatic heterocycles. The maximum Gasteiger partial charge on any atom is 0.326 e. The van der Waals surface area contributed by atoms with Gasteiger partial charge < -0.3 is 92.6 Å². The highest BCUT2D eigenvalue weighted by molar-refractivity contribution is 5.98. The van der Waals surface area contributed by atoms with Crippen LogP contribution in [0.3, 0.4) is 0 Å². The van der Waals surface area contributed by atoms with Gasteiger partial charge in [0, 0.05) is 49.6 Å². The van der Waals surface area contributed by atoms with Crippen LogP contribution >= 0.6 is 0 Å². The van der Waals surface area contributed by atoms with Gasteiger partial charge in [-0.1, -0.05) is 72.6 Å². The monoisotopic (exact) mass is 1130 g/mol. The van der Waals surface area contributed by atoms with E-state index in [1.54, 1.807) is 40.8 Å². The summed E-state index contributed by atoms with van der Waals surface area (Å²) in [6.07, 6.45) is 1.86. The van der Waals surface area contributed by atoms with Crippen molar-refractivity contribution in [3.8, 4) is 0 Å². The molecule has 0 spiro atoms. The second kappa shape index (κ2) is 34.6. The number of fused-ring (bicyclic) bond motifs is 1. The number of para-hydroxylation sites is 1. The Balaban J connectivity index is 2.49. The van der Waals surface area contributed by atoms with Crippen LogP contribution in [-0.2, 0) is 49.6 Å². The van der Waals surface area contributed by atoms with Gasteiger partial charge in [0.25, 0.3) is 0 Å². The first-order chi connectivity index (χ1) is 37.7. The molecule has 29 nitrogen and oxygen atoms in total. The first-order valence-electron chi connectivity index (χ1n) is 26.7. The van der Waals surface area contributed by atoms with E-state index < -0.39 is 132 Å². The number of H-pyrrole nitrogens is 1. The van der Waals surface area contributed by atoms with Crippen LogP contribution in [0.15, 0.2) is 45.4 Å². The highest BCUT2D eigenvalue weighted by Gasteiger charge is 2.37. The fourth-order valence-corrected chi connectivity index (χ4v) is 8.21. The Kier molecular flexibility index (Phi) is 29.4. The van der Waals surface area contributed by atoms with Gasteiger partial charge >= 0.3 is 11.9 Å². The summed E-state index contributed by atoms with van der Waals surface area (Å²) in [5, 5.41) is 38.8. The number of rotatable bonds is 37. The molecule has 1 aromatic carbocycles. The smallest absolute Gasteiger partial charge is 0.326 e. The minimum absolute atomic E-state index is 0.00850. The normalized spacial score (nSPS) is 14.8. The van der Waals surface area contributed by atoms with Crippen LogP contribution < -0.4 is 77.4 Å². The van der Waals surface area contributed by atoms with Crippen molar-refractivity contribution in [2.24, 2.45) is 72.9 Å². The molecule has 2 aromatic rings. The number of aromatic nitrogens is 1. The molecule has 80 heavy (non-hydrogen) atoms. The lowest BCUT2D eigenvalue weighted by atomic mass is 9.95. The van der Waals surface area contributed by atoms with E-state index in [9.17, 15) is 53.4 Å². The third-order valence-electron chi connectivity index (χ3n) is 13.3. The zero-order valence-corrected chi connectivity index (χ0v) is 46.6. The van der Waals surface area contributed by atoms with Crippen molar-refractivity contribution in [3.63, 3.8) is 0 Å². The second-order valence-corrected chi connectivity index (χ2v) is 20.0. The Morgan fingerprint density at radius 1 is 0.525 bits per heavy atom. The first-order valence-corrected chi connectivity index (χ1v) is 26.7. The number of nitrogens with one attached hydrogen (secondary N) is 8. The van der Waals surface area contributed by atoms with Gasteiger partial charge in [0.2, 0.25) is 41.4 Å². The standard InChI is InChI=1S/C51H86N18O11/c1-7-27(5)39(68-41(72)31(52)15-11-21-59-49(53)54)47(78)66-36(24-29-25-62-32-16-10-9-14-30(29)32)44(75)67-38(26(3)4)45(76)69-40(28(6)8-2)46(77)64-34(19-20-37(70)71)43(74)63-33(17-12-22-60-50(55)56)42(73)65-35(48(79)80)18-13-23-61-51(57)58/h9-10,14,16,25-28,31,33-36,38-40,62H,7-8,11-13,15,17-24,52H2,1-6H3,(H,63,74)(H,64,77)(H,65,73)(H,66,78)(H,67,75)(H,68,72)(H,69,76)(H,70,71)(H,79,80)(H4,53,54,59)(H4,55,56,60)(H4,57,58,61)/t27-,28-,31-,33-,34-,35-,36-,38-,39-,40-/m0/s1. The molecule has 29 heteroatoms. The van der Waals surface area contributed by atoms with Gasteiger partial charge in [0.1, 0.15) is 42.3 Å². The molecule has 0 aliphatic heterocycles. The van der Waals surface area contributed by atoms with Crippen molar-refractivity contribution in [2.45, 2.75) is 161 Å². The number of carbonyl (C=O) groups is 9. The molecule has 446 valence electrons. The predicted octanol–water partition coefficient (Wildman–Crippen LogP) is -2.71. The summed E-state index contributed by atoms with van der Waals surface area (Å²) in [5.41, 5.74) is 40.0. The predicted molar refractivity (Wildman–Crippen MR) is 301 cm³/mol. The second-order valence-electron chi connectivity index (χ2n) is 20.0. The van der Waals surface area contributed by atoms with Crippen LogP contribution in [-0.4, -0.2) is 154 Å². The number of carbonyl (C=O) groups excluding carboxylic acids is 7. The molecule has 7 amide bonds. The summed E-state index contributed by atoms with van der Waals surface area (Å²) in [4.78, 5) is 138. The van der Waals surface area contributed by atoms with E-state index in [-0.39, 0.29) is 76.0 Å². The van der Waals surface area contributed by atoms with Gasteiger partial charge in [-0.25, -0.2) is 4.79 Å². The van der Waals surface area contributed by atoms with E-state index in [2.05, 4.69) is 57.2 Å². The fourth-order valence-electron chi connectivity index (χ4n) is 8.21. The Labute approximate surface area is 465 Å². The van der Waals surface area contributed by atoms with Crippen molar-refractivity contribution in [3.05, 3.63) is 36.0 Å². The summed E-state index contributed by atoms with van der Waals surface area (Å²) < 4.78 is 0. The van der Waals surface area contributed by atoms with E-state index in [0.29, 0.717) is 24.8 Å². The van der Waals surface area contributed by atoms with Gasteiger partial charge in [-0.15, -0.1) is 0 Å². The van der Waals surface area contributed by atoms with Gasteiger partial charge in [0.15, 0.2) is 17.9 Å². The van der Waals surface area contributed by atoms with E-state index in [1.807, 2.05) is 31.2 Å². The van der Waals surface area contributed by atoms with E-state index in [1.165, 1.54) is 0 Å². The highest BCUT2D eigenvalue weighted by Crippen LogP contribution is 2.21. The summed E-state index contributed by atoms with van der Waals surface area (Å²) in [6.45, 7) is 10.6. The topological polar surface area (TPSA) is 513 Å². The number of aliphatic carboxylic acids is 2. The maximum atomic E-state index is 14.6. The Bertz CT molecular complexity index is 2490. The number of hydrogen-bond donors (Lipinski definition) is 17. The molecular weight excluding hydrogens is 1040 g/mol. The maximum absolute atomic E-state index is 14.6. The van der Waals surface area contributed by atoms with Gasteiger partial charge in [-0.2, -0.15) is 0 Å². The number of benzene rings is 1. The number of nitrogens with zero attached hydrogens (tertiary/aromatic N) is 3. The van der Waals surface area contributed by atoms with Crippen LogP contribution in [0.4, 0.5) is 0 Å². The van der Waals surface area contributed by atoms with Crippen molar-refractivity contribution < 1.29 is 53.4 Å². The third-order valence-corrected chi connectivity index (χ3v) is 13.3. The summed E-state index contributed by atoms with van der Waals surface area (Å²) in [5.74, 6) is -10.7. The molecule has 0 fully saturated rings. The molecule has 0 unspecified atom stereocenters. The average Bonchev–Trinajstić information content (AvgIpc) is 3.81. The van der Waals surface area contributed by atoms with Crippen LogP contribution in [0.25, 0.3) is 10.9 Å². The van der Waals surface area contributed by atoms with Crippen LogP contribution in [0, 0.1) is 17.8 Å². The van der Waals surface area contributed by atoms with Gasteiger partial charge in [-0.3, -0.25) is 53.3 Å². The zero-order chi connectivity index (χ0) is 60.2. The largest absolute Gasteiger partial charge is 0.481 e. The lowest BCUT2D eigenvalue weighted by Crippen LogP contribution is -2.62. The number of amides is 7. The summed E-state index contributed by atoms with van der Waals surface area (Å²) in [7, 11) is 0. The SMILES string of the molecule is CC[C@H](C)[C@H](NC(=O)[C@@H](NC(=O)[C@H](Cc1c[nH]c2ccccc12)NC(=O)[C@@H](NC(=O)[C@@H](N)CCCN=C(N)N)[C@@H](C)CC)C(C)C)C(=O)N[C@@H](CCC(=O)O)C(=O)N[C@@H](CCCN=C(N)N)C(=O)N[C@@H](CCCN=C(N)N)C(=O)O. The van der Waals surface area contributed by atoms with Crippen molar-refractivity contribution in [1.82, 2.24) is 42.2 Å². The molecule has 0 radical (unpaired) electrons. The summed E-state index contributed by atoms with van der Waals surface area (Å²) in [6, 6.07) is -3.42. The van der Waals surface area contributed by atoms with E-state index >= 15 is 0 Å². The van der Waals surface area contributed by atoms with Crippen molar-refractivity contribution in [2.75, 3.05) is 19.6 Å². The molecule has 0 aliphatic carbocycles. The molecule has 24 N–H and O–H groups in total. The molecule has 0 bridgehead atoms. The van der Waals surface area contributed by atoms with Crippen LogP contribution in [0.2, 0.25) is 0 Å². The van der Waals surface area contributed by atoms with Crippen molar-refractivity contribution in [1.29, 1.82) is 0 Å². The van der Waals surface area contributed by atoms with Crippen LogP contribution in [0.5, 0.6) is 0 Å². The number of carboxylic acid groups (broad SMARTS) is 2. The zero-order valence-electron chi connectivity index (χ0n) is 46.6. The number of hydrogen-bond acceptors (Lipinski definition) is 13. The van der Waals surface area contributed by atoms with Gasteiger partial charge in [0.05, 0.1) is 6.04 Å². The lowest BCUT2D eigenvalue weighted by molar-refractivity contribution is -0.142. The number of carboxylic acids is 2. The van der Waals surface area contributed by atoms with Crippen LogP contribution in [0.1, 0.15) is 111 Å². The third kappa shape index (κ3) is 23.8. The van der Waals surface area contributed by atoms with E-state index in [4.69, 9.17) is 40.1 Å². The number of aromatic amines is 1. The minimum Gasteiger partial charge on any atom is -0.481 e. The number of aliphatic imine (C=N–C) groups is 3. The number of nitrogens with two attached hydrogens (primary N) is 7. The minimum atomic E-state index is -1.62. The first kappa shape index (κ1) is 67.9. The highest BCUT2D eigenvalue weighted by atomic mass is 16.4. The Hall–Kier alpha value is -8.24. The van der Waals surface area contributed by atoms with Crippen molar-refractivity contribution >= 4 is 82.1 Å². The molecule has 2 rings (SSSR count). The number of guanidine groups is 3. The molecule has 0 aliphatic rings. The average molecular weight is 1130 g/mol. The van der Waals surface area contributed by atoms with E-state index in [0.717, 1.165) is 10.9 Å². The molecule has 1 heterocycles. The quantitative estimate of drug-likeness (QED) is 0.0186. The summed E-state index contributed by atoms with van der Waals surface area (Å²) >= 11 is 0. The molecular formula is C51H86N18O11. The molecule has 0 saturated heterocycles. The fraction of sp³-hybridized carbons (Fsp3) is 0.608. The molecule has 10 atom stereocenters. The Morgan fingerprint density at radius 2 is 0.938 bits per heavy atom.